The summed E-state index contributed by atoms with van der Waals surface area (Å²) < 4.78 is 24.1. The van der Waals surface area contributed by atoms with Crippen LogP contribution in [0.25, 0.3) is 11.0 Å². The second kappa shape index (κ2) is 7.31. The van der Waals surface area contributed by atoms with Crippen LogP contribution in [-0.4, -0.2) is 44.1 Å². The molecule has 3 aromatic rings. The van der Waals surface area contributed by atoms with E-state index in [-0.39, 0.29) is 18.1 Å². The zero-order chi connectivity index (χ0) is 18.8. The van der Waals surface area contributed by atoms with E-state index in [1.165, 1.54) is 12.1 Å². The van der Waals surface area contributed by atoms with E-state index in [2.05, 4.69) is 4.90 Å². The molecule has 1 aliphatic heterocycles. The van der Waals surface area contributed by atoms with Crippen LogP contribution in [0, 0.1) is 5.82 Å². The average molecular weight is 368 g/mol. The van der Waals surface area contributed by atoms with E-state index in [1.54, 1.807) is 19.4 Å². The Kier molecular flexibility index (Phi) is 4.71. The Morgan fingerprint density at radius 1 is 1.11 bits per heavy atom. The van der Waals surface area contributed by atoms with Gasteiger partial charge in [0.25, 0.3) is 0 Å². The lowest BCUT2D eigenvalue weighted by atomic mass is 10.1. The third-order valence-electron chi connectivity index (χ3n) is 5.03. The number of carbonyl (C=O) groups is 1. The van der Waals surface area contributed by atoms with Crippen LogP contribution in [0.1, 0.15) is 5.56 Å². The van der Waals surface area contributed by atoms with Crippen LogP contribution in [0.15, 0.2) is 53.1 Å². The van der Waals surface area contributed by atoms with Crippen LogP contribution in [-0.2, 0) is 11.2 Å². The lowest BCUT2D eigenvalue weighted by Gasteiger charge is -2.36. The molecule has 6 heteroatoms. The molecule has 0 spiro atoms. The van der Waals surface area contributed by atoms with Gasteiger partial charge in [0, 0.05) is 42.8 Å². The van der Waals surface area contributed by atoms with Gasteiger partial charge in [-0.1, -0.05) is 0 Å². The maximum atomic E-state index is 13.5. The Labute approximate surface area is 156 Å². The summed E-state index contributed by atoms with van der Waals surface area (Å²) in [6.45, 7) is 2.88. The fraction of sp³-hybridized carbons (Fsp3) is 0.286. The Morgan fingerprint density at radius 3 is 2.56 bits per heavy atom. The summed E-state index contributed by atoms with van der Waals surface area (Å²) in [5.74, 6) is 0.540. The Hall–Kier alpha value is -3.02. The molecule has 27 heavy (non-hydrogen) atoms. The molecule has 0 unspecified atom stereocenters. The minimum Gasteiger partial charge on any atom is -0.497 e. The van der Waals surface area contributed by atoms with Crippen molar-refractivity contribution in [2.45, 2.75) is 6.42 Å². The Morgan fingerprint density at radius 2 is 1.85 bits per heavy atom. The second-order valence-corrected chi connectivity index (χ2v) is 6.64. The number of piperazine rings is 1. The summed E-state index contributed by atoms with van der Waals surface area (Å²) >= 11 is 0. The highest BCUT2D eigenvalue weighted by molar-refractivity contribution is 5.87. The average Bonchev–Trinajstić information content (AvgIpc) is 3.10. The minimum atomic E-state index is -0.328. The van der Waals surface area contributed by atoms with E-state index in [0.717, 1.165) is 30.1 Å². The van der Waals surface area contributed by atoms with E-state index in [4.69, 9.17) is 9.15 Å². The number of furan rings is 1. The van der Waals surface area contributed by atoms with Crippen molar-refractivity contribution in [1.82, 2.24) is 4.90 Å². The van der Waals surface area contributed by atoms with E-state index >= 15 is 0 Å². The number of ether oxygens (including phenoxy) is 1. The minimum absolute atomic E-state index is 0.0383. The number of nitrogens with zero attached hydrogens (tertiary/aromatic N) is 2. The predicted octanol–water partition coefficient (Wildman–Crippen LogP) is 3.47. The molecule has 0 aliphatic carbocycles. The fourth-order valence-electron chi connectivity index (χ4n) is 3.47. The molecule has 1 amide bonds. The summed E-state index contributed by atoms with van der Waals surface area (Å²) in [6.07, 6.45) is 1.77. The molecule has 0 atom stereocenters. The number of amides is 1. The SMILES string of the molecule is COc1ccc(N2CCN(C(=O)Cc3coc4ccc(F)cc34)CC2)cc1. The van der Waals surface area contributed by atoms with Gasteiger partial charge in [-0.2, -0.15) is 0 Å². The second-order valence-electron chi connectivity index (χ2n) is 6.64. The highest BCUT2D eigenvalue weighted by atomic mass is 19.1. The number of hydrogen-bond acceptors (Lipinski definition) is 4. The number of hydrogen-bond donors (Lipinski definition) is 0. The number of fused-ring (bicyclic) bond motifs is 1. The zero-order valence-electron chi connectivity index (χ0n) is 15.2. The third kappa shape index (κ3) is 3.60. The molecule has 0 bridgehead atoms. The van der Waals surface area contributed by atoms with Crippen molar-refractivity contribution in [3.05, 3.63) is 60.1 Å². The maximum absolute atomic E-state index is 13.5. The standard InChI is InChI=1S/C21H21FN2O3/c1-26-18-5-3-17(4-6-18)23-8-10-24(11-9-23)21(25)12-15-14-27-20-7-2-16(22)13-19(15)20/h2-7,13-14H,8-12H2,1H3. The van der Waals surface area contributed by atoms with Crippen molar-refractivity contribution >= 4 is 22.6 Å². The first-order chi connectivity index (χ1) is 13.1. The molecule has 0 saturated carbocycles. The third-order valence-corrected chi connectivity index (χ3v) is 5.03. The van der Waals surface area contributed by atoms with Gasteiger partial charge in [0.15, 0.2) is 0 Å². The van der Waals surface area contributed by atoms with Gasteiger partial charge in [-0.15, -0.1) is 0 Å². The highest BCUT2D eigenvalue weighted by Crippen LogP contribution is 2.24. The number of methoxy groups -OCH3 is 1. The summed E-state index contributed by atoms with van der Waals surface area (Å²) in [5.41, 5.74) is 2.45. The first kappa shape index (κ1) is 17.4. The summed E-state index contributed by atoms with van der Waals surface area (Å²) in [7, 11) is 1.65. The molecule has 0 radical (unpaired) electrons. The quantitative estimate of drug-likeness (QED) is 0.707. The monoisotopic (exact) mass is 368 g/mol. The van der Waals surface area contributed by atoms with Crippen LogP contribution in [0.3, 0.4) is 0 Å². The van der Waals surface area contributed by atoms with Gasteiger partial charge in [-0.3, -0.25) is 4.79 Å². The Balaban J connectivity index is 1.38. The molecule has 5 nitrogen and oxygen atoms in total. The number of rotatable bonds is 4. The van der Waals surface area contributed by atoms with E-state index < -0.39 is 0 Å². The van der Waals surface area contributed by atoms with Gasteiger partial charge in [0.1, 0.15) is 17.1 Å². The van der Waals surface area contributed by atoms with Crippen molar-refractivity contribution in [3.63, 3.8) is 0 Å². The van der Waals surface area contributed by atoms with Crippen molar-refractivity contribution in [2.24, 2.45) is 0 Å². The molecular formula is C21H21FN2O3. The van der Waals surface area contributed by atoms with E-state index in [1.807, 2.05) is 29.2 Å². The molecule has 4 rings (SSSR count). The van der Waals surface area contributed by atoms with Crippen LogP contribution in [0.5, 0.6) is 5.75 Å². The molecule has 2 heterocycles. The fourth-order valence-corrected chi connectivity index (χ4v) is 3.47. The Bertz CT molecular complexity index is 944. The largest absolute Gasteiger partial charge is 0.497 e. The van der Waals surface area contributed by atoms with Gasteiger partial charge < -0.3 is 19.0 Å². The molecule has 1 aromatic heterocycles. The molecule has 140 valence electrons. The van der Waals surface area contributed by atoms with E-state index in [0.29, 0.717) is 24.1 Å². The molecular weight excluding hydrogens is 347 g/mol. The van der Waals surface area contributed by atoms with Gasteiger partial charge in [-0.05, 0) is 42.5 Å². The van der Waals surface area contributed by atoms with Gasteiger partial charge >= 0.3 is 0 Å². The molecule has 0 N–H and O–H groups in total. The molecule has 1 fully saturated rings. The van der Waals surface area contributed by atoms with Crippen LogP contribution < -0.4 is 9.64 Å². The molecule has 1 saturated heterocycles. The van der Waals surface area contributed by atoms with E-state index in [9.17, 15) is 9.18 Å². The van der Waals surface area contributed by atoms with Crippen LogP contribution in [0.2, 0.25) is 0 Å². The number of anilines is 1. The van der Waals surface area contributed by atoms with Crippen molar-refractivity contribution in [2.75, 3.05) is 38.2 Å². The number of benzene rings is 2. The lowest BCUT2D eigenvalue weighted by molar-refractivity contribution is -0.130. The maximum Gasteiger partial charge on any atom is 0.227 e. The lowest BCUT2D eigenvalue weighted by Crippen LogP contribution is -2.49. The van der Waals surface area contributed by atoms with Crippen molar-refractivity contribution in [3.8, 4) is 5.75 Å². The van der Waals surface area contributed by atoms with Crippen molar-refractivity contribution < 1.29 is 18.3 Å². The topological polar surface area (TPSA) is 45.9 Å². The normalized spacial score (nSPS) is 14.6. The van der Waals surface area contributed by atoms with Gasteiger partial charge in [-0.25, -0.2) is 4.39 Å². The van der Waals surface area contributed by atoms with Crippen LogP contribution >= 0.6 is 0 Å². The smallest absolute Gasteiger partial charge is 0.227 e. The number of halogens is 1. The first-order valence-electron chi connectivity index (χ1n) is 8.96. The molecule has 2 aromatic carbocycles. The molecule has 1 aliphatic rings. The number of carbonyl (C=O) groups excluding carboxylic acids is 1. The highest BCUT2D eigenvalue weighted by Gasteiger charge is 2.22. The summed E-state index contributed by atoms with van der Waals surface area (Å²) in [5, 5.41) is 0.667. The van der Waals surface area contributed by atoms with Crippen LogP contribution in [0.4, 0.5) is 10.1 Å². The van der Waals surface area contributed by atoms with Crippen molar-refractivity contribution in [1.29, 1.82) is 0 Å². The summed E-state index contributed by atoms with van der Waals surface area (Å²) in [6, 6.07) is 12.3. The van der Waals surface area contributed by atoms with Gasteiger partial charge in [0.2, 0.25) is 5.91 Å². The zero-order valence-corrected chi connectivity index (χ0v) is 15.2. The summed E-state index contributed by atoms with van der Waals surface area (Å²) in [4.78, 5) is 16.8. The predicted molar refractivity (Wildman–Crippen MR) is 102 cm³/mol. The van der Waals surface area contributed by atoms with Gasteiger partial charge in [0.05, 0.1) is 19.8 Å². The first-order valence-corrected chi connectivity index (χ1v) is 8.96.